The van der Waals surface area contributed by atoms with Crippen LogP contribution in [0.15, 0.2) is 0 Å². The van der Waals surface area contributed by atoms with Crippen LogP contribution in [0.5, 0.6) is 0 Å². The molecule has 0 aromatic rings. The lowest BCUT2D eigenvalue weighted by Crippen LogP contribution is -2.41. The smallest absolute Gasteiger partial charge is 0.409 e. The number of likely N-dealkylation sites (tertiary alicyclic amines) is 1. The third-order valence-electron chi connectivity index (χ3n) is 1.89. The second-order valence-corrected chi connectivity index (χ2v) is 2.88. The van der Waals surface area contributed by atoms with Gasteiger partial charge in [0.2, 0.25) is 0 Å². The topological polar surface area (TPSA) is 29.5 Å². The van der Waals surface area contributed by atoms with Gasteiger partial charge in [0.05, 0.1) is 13.2 Å². The predicted octanol–water partition coefficient (Wildman–Crippen LogP) is 1.58. The summed E-state index contributed by atoms with van der Waals surface area (Å²) in [5.74, 6) is 0. The van der Waals surface area contributed by atoms with Crippen molar-refractivity contribution in [1.29, 1.82) is 0 Å². The largest absolute Gasteiger partial charge is 0.450 e. The SMILES string of the molecule is CCOC(=O)N1CCC[C@H](F)C1. The van der Waals surface area contributed by atoms with Crippen molar-refractivity contribution in [3.05, 3.63) is 0 Å². The molecule has 0 aromatic heterocycles. The van der Waals surface area contributed by atoms with Crippen molar-refractivity contribution in [3.8, 4) is 0 Å². The standard InChI is InChI=1S/C8H14FNO2/c1-2-12-8(11)10-5-3-4-7(9)6-10/h7H,2-6H2,1H3/t7-/m0/s1. The van der Waals surface area contributed by atoms with E-state index >= 15 is 0 Å². The Labute approximate surface area is 71.5 Å². The van der Waals surface area contributed by atoms with E-state index in [0.29, 0.717) is 19.6 Å². The highest BCUT2D eigenvalue weighted by Crippen LogP contribution is 2.13. The average molecular weight is 175 g/mol. The Morgan fingerprint density at radius 3 is 3.08 bits per heavy atom. The molecule has 0 aromatic carbocycles. The molecule has 0 N–H and O–H groups in total. The third kappa shape index (κ3) is 2.36. The van der Waals surface area contributed by atoms with E-state index in [1.165, 1.54) is 4.90 Å². The highest BCUT2D eigenvalue weighted by atomic mass is 19.1. The van der Waals surface area contributed by atoms with Crippen molar-refractivity contribution < 1.29 is 13.9 Å². The Morgan fingerprint density at radius 1 is 1.75 bits per heavy atom. The first-order valence-electron chi connectivity index (χ1n) is 4.29. The van der Waals surface area contributed by atoms with Crippen molar-refractivity contribution in [1.82, 2.24) is 4.90 Å². The van der Waals surface area contributed by atoms with Crippen LogP contribution in [0.3, 0.4) is 0 Å². The Bertz CT molecular complexity index is 163. The minimum absolute atomic E-state index is 0.193. The lowest BCUT2D eigenvalue weighted by molar-refractivity contribution is 0.0800. The Morgan fingerprint density at radius 2 is 2.50 bits per heavy atom. The van der Waals surface area contributed by atoms with Crippen LogP contribution in [0, 0.1) is 0 Å². The summed E-state index contributed by atoms with van der Waals surface area (Å²) in [5, 5.41) is 0. The molecule has 3 nitrogen and oxygen atoms in total. The summed E-state index contributed by atoms with van der Waals surface area (Å²) in [7, 11) is 0. The molecule has 1 rings (SSSR count). The lowest BCUT2D eigenvalue weighted by atomic mass is 10.1. The number of carbonyl (C=O) groups excluding carboxylic acids is 1. The third-order valence-corrected chi connectivity index (χ3v) is 1.89. The van der Waals surface area contributed by atoms with Crippen LogP contribution in [-0.4, -0.2) is 36.9 Å². The van der Waals surface area contributed by atoms with Gasteiger partial charge in [0.15, 0.2) is 0 Å². The van der Waals surface area contributed by atoms with E-state index in [1.807, 2.05) is 0 Å². The van der Waals surface area contributed by atoms with Gasteiger partial charge in [-0.05, 0) is 19.8 Å². The molecule has 0 radical (unpaired) electrons. The minimum atomic E-state index is -0.872. The van der Waals surface area contributed by atoms with E-state index in [0.717, 1.165) is 6.42 Å². The number of halogens is 1. The highest BCUT2D eigenvalue weighted by Gasteiger charge is 2.23. The molecule has 1 heterocycles. The summed E-state index contributed by atoms with van der Waals surface area (Å²) in [4.78, 5) is 12.5. The summed E-state index contributed by atoms with van der Waals surface area (Å²) >= 11 is 0. The van der Waals surface area contributed by atoms with E-state index in [1.54, 1.807) is 6.92 Å². The molecule has 4 heteroatoms. The van der Waals surface area contributed by atoms with Gasteiger partial charge < -0.3 is 9.64 Å². The monoisotopic (exact) mass is 175 g/mol. The van der Waals surface area contributed by atoms with E-state index in [4.69, 9.17) is 4.74 Å². The molecule has 1 aliphatic rings. The first-order valence-corrected chi connectivity index (χ1v) is 4.29. The normalized spacial score (nSPS) is 23.8. The van der Waals surface area contributed by atoms with Gasteiger partial charge in [0.1, 0.15) is 6.17 Å². The molecule has 1 amide bonds. The van der Waals surface area contributed by atoms with E-state index in [9.17, 15) is 9.18 Å². The maximum absolute atomic E-state index is 12.8. The van der Waals surface area contributed by atoms with Gasteiger partial charge in [-0.1, -0.05) is 0 Å². The molecule has 0 unspecified atom stereocenters. The molecular weight excluding hydrogens is 161 g/mol. The van der Waals surface area contributed by atoms with Crippen molar-refractivity contribution in [2.24, 2.45) is 0 Å². The first-order chi connectivity index (χ1) is 5.74. The van der Waals surface area contributed by atoms with Gasteiger partial charge in [-0.15, -0.1) is 0 Å². The Hall–Kier alpha value is -0.800. The van der Waals surface area contributed by atoms with Crippen LogP contribution in [0.1, 0.15) is 19.8 Å². The molecular formula is C8H14FNO2. The lowest BCUT2D eigenvalue weighted by Gasteiger charge is -2.27. The fourth-order valence-electron chi connectivity index (χ4n) is 1.31. The zero-order valence-electron chi connectivity index (χ0n) is 7.25. The number of rotatable bonds is 1. The number of hydrogen-bond donors (Lipinski definition) is 0. The van der Waals surface area contributed by atoms with Crippen molar-refractivity contribution in [2.75, 3.05) is 19.7 Å². The van der Waals surface area contributed by atoms with Gasteiger partial charge in [0.25, 0.3) is 0 Å². The fraction of sp³-hybridized carbons (Fsp3) is 0.875. The zero-order valence-corrected chi connectivity index (χ0v) is 7.25. The maximum Gasteiger partial charge on any atom is 0.409 e. The molecule has 0 spiro atoms. The van der Waals surface area contributed by atoms with Crippen LogP contribution >= 0.6 is 0 Å². The van der Waals surface area contributed by atoms with E-state index in [2.05, 4.69) is 0 Å². The summed E-state index contributed by atoms with van der Waals surface area (Å²) in [6.07, 6.45) is 0.0404. The number of hydrogen-bond acceptors (Lipinski definition) is 2. The molecule has 1 atom stereocenters. The maximum atomic E-state index is 12.8. The second-order valence-electron chi connectivity index (χ2n) is 2.88. The molecule has 1 saturated heterocycles. The summed E-state index contributed by atoms with van der Waals surface area (Å²) in [5.41, 5.74) is 0. The van der Waals surface area contributed by atoms with Gasteiger partial charge >= 0.3 is 6.09 Å². The van der Waals surface area contributed by atoms with Gasteiger partial charge in [0, 0.05) is 6.54 Å². The quantitative estimate of drug-likeness (QED) is 0.605. The molecule has 70 valence electrons. The minimum Gasteiger partial charge on any atom is -0.450 e. The predicted molar refractivity (Wildman–Crippen MR) is 42.7 cm³/mol. The molecule has 1 fully saturated rings. The summed E-state index contributed by atoms with van der Waals surface area (Å²) in [6, 6.07) is 0. The molecule has 0 bridgehead atoms. The van der Waals surface area contributed by atoms with Crippen LogP contribution in [-0.2, 0) is 4.74 Å². The zero-order chi connectivity index (χ0) is 8.97. The first kappa shape index (κ1) is 9.29. The van der Waals surface area contributed by atoms with Crippen LogP contribution in [0.25, 0.3) is 0 Å². The highest BCUT2D eigenvalue weighted by molar-refractivity contribution is 5.67. The van der Waals surface area contributed by atoms with Gasteiger partial charge in [-0.25, -0.2) is 9.18 Å². The van der Waals surface area contributed by atoms with E-state index in [-0.39, 0.29) is 12.6 Å². The van der Waals surface area contributed by atoms with Crippen molar-refractivity contribution >= 4 is 6.09 Å². The van der Waals surface area contributed by atoms with Crippen LogP contribution in [0.4, 0.5) is 9.18 Å². The van der Waals surface area contributed by atoms with Crippen molar-refractivity contribution in [3.63, 3.8) is 0 Å². The number of carbonyl (C=O) groups is 1. The number of amides is 1. The van der Waals surface area contributed by atoms with Gasteiger partial charge in [-0.2, -0.15) is 0 Å². The molecule has 0 aliphatic carbocycles. The summed E-state index contributed by atoms with van der Waals surface area (Å²) in [6.45, 7) is 2.92. The van der Waals surface area contributed by atoms with E-state index < -0.39 is 6.17 Å². The average Bonchev–Trinajstić information content (AvgIpc) is 2.05. The Balaban J connectivity index is 2.35. The van der Waals surface area contributed by atoms with Crippen LogP contribution in [0.2, 0.25) is 0 Å². The number of piperidine rings is 1. The molecule has 0 saturated carbocycles. The fourth-order valence-corrected chi connectivity index (χ4v) is 1.31. The molecule has 1 aliphatic heterocycles. The van der Waals surface area contributed by atoms with Crippen LogP contribution < -0.4 is 0 Å². The number of ether oxygens (including phenoxy) is 1. The molecule has 12 heavy (non-hydrogen) atoms. The van der Waals surface area contributed by atoms with Crippen molar-refractivity contribution in [2.45, 2.75) is 25.9 Å². The van der Waals surface area contributed by atoms with Gasteiger partial charge in [-0.3, -0.25) is 0 Å². The summed E-state index contributed by atoms with van der Waals surface area (Å²) < 4.78 is 17.5. The second kappa shape index (κ2) is 4.28. The number of nitrogens with zero attached hydrogens (tertiary/aromatic N) is 1. The number of alkyl halides is 1. The Kier molecular flexibility index (Phi) is 3.31.